The molecule has 1 aliphatic heterocycles. The first-order valence-electron chi connectivity index (χ1n) is 4.86. The van der Waals surface area contributed by atoms with Crippen LogP contribution >= 0.6 is 0 Å². The molecular formula is C12H13NO. The van der Waals surface area contributed by atoms with E-state index in [1.807, 2.05) is 30.5 Å². The Labute approximate surface area is 83.8 Å². The van der Waals surface area contributed by atoms with Crippen molar-refractivity contribution in [1.29, 1.82) is 0 Å². The quantitative estimate of drug-likeness (QED) is 0.708. The molecule has 0 bridgehead atoms. The third kappa shape index (κ3) is 2.02. The summed E-state index contributed by atoms with van der Waals surface area (Å²) in [6.45, 7) is 0.791. The molecule has 14 heavy (non-hydrogen) atoms. The Morgan fingerprint density at radius 3 is 2.64 bits per heavy atom. The van der Waals surface area contributed by atoms with Crippen LogP contribution in [-0.2, 0) is 11.2 Å². The largest absolute Gasteiger partial charge is 0.319 e. The van der Waals surface area contributed by atoms with Gasteiger partial charge in [0.15, 0.2) is 0 Å². The number of nitrogens with zero attached hydrogens (tertiary/aromatic N) is 1. The highest BCUT2D eigenvalue weighted by molar-refractivity contribution is 5.81. The van der Waals surface area contributed by atoms with Gasteiger partial charge in [0.2, 0.25) is 5.91 Å². The minimum absolute atomic E-state index is 0.209. The van der Waals surface area contributed by atoms with Gasteiger partial charge >= 0.3 is 0 Å². The van der Waals surface area contributed by atoms with Crippen LogP contribution in [-0.4, -0.2) is 17.4 Å². The van der Waals surface area contributed by atoms with E-state index in [4.69, 9.17) is 0 Å². The monoisotopic (exact) mass is 187 g/mol. The summed E-state index contributed by atoms with van der Waals surface area (Å²) in [5, 5.41) is 0. The molecule has 0 spiro atoms. The molecule has 0 unspecified atom stereocenters. The van der Waals surface area contributed by atoms with Gasteiger partial charge in [-0.3, -0.25) is 4.79 Å². The molecule has 1 amide bonds. The lowest BCUT2D eigenvalue weighted by molar-refractivity contribution is -0.126. The van der Waals surface area contributed by atoms with Gasteiger partial charge in [-0.25, -0.2) is 0 Å². The fraction of sp³-hybridized carbons (Fsp3) is 0.250. The summed E-state index contributed by atoms with van der Waals surface area (Å²) in [4.78, 5) is 13.0. The Bertz CT molecular complexity index is 343. The van der Waals surface area contributed by atoms with Crippen LogP contribution in [0.3, 0.4) is 0 Å². The van der Waals surface area contributed by atoms with Crippen molar-refractivity contribution < 1.29 is 4.79 Å². The summed E-state index contributed by atoms with van der Waals surface area (Å²) >= 11 is 0. The first kappa shape index (κ1) is 9.00. The molecule has 1 aromatic rings. The van der Waals surface area contributed by atoms with Gasteiger partial charge in [0.25, 0.3) is 0 Å². The van der Waals surface area contributed by atoms with Crippen LogP contribution in [0, 0.1) is 0 Å². The predicted molar refractivity (Wildman–Crippen MR) is 55.6 cm³/mol. The maximum Gasteiger partial charge on any atom is 0.230 e. The van der Waals surface area contributed by atoms with E-state index in [0.29, 0.717) is 6.42 Å². The number of hydrogen-bond acceptors (Lipinski definition) is 1. The maximum atomic E-state index is 11.3. The van der Waals surface area contributed by atoms with E-state index in [9.17, 15) is 4.79 Å². The highest BCUT2D eigenvalue weighted by Gasteiger charge is 2.13. The first-order valence-corrected chi connectivity index (χ1v) is 4.86. The summed E-state index contributed by atoms with van der Waals surface area (Å²) in [5.74, 6) is 0.209. The third-order valence-corrected chi connectivity index (χ3v) is 2.38. The van der Waals surface area contributed by atoms with E-state index in [2.05, 4.69) is 12.1 Å². The second-order valence-electron chi connectivity index (χ2n) is 3.41. The lowest BCUT2D eigenvalue weighted by Crippen LogP contribution is -2.23. The van der Waals surface area contributed by atoms with Gasteiger partial charge in [0, 0.05) is 19.2 Å². The van der Waals surface area contributed by atoms with Crippen LogP contribution in [0.25, 0.3) is 0 Å². The zero-order valence-corrected chi connectivity index (χ0v) is 8.02. The van der Waals surface area contributed by atoms with Crippen LogP contribution in [0.15, 0.2) is 42.6 Å². The number of hydrogen-bond donors (Lipinski definition) is 0. The highest BCUT2D eigenvalue weighted by atomic mass is 16.2. The van der Waals surface area contributed by atoms with Crippen molar-refractivity contribution in [2.24, 2.45) is 0 Å². The smallest absolute Gasteiger partial charge is 0.230 e. The van der Waals surface area contributed by atoms with E-state index in [1.54, 1.807) is 4.90 Å². The van der Waals surface area contributed by atoms with Gasteiger partial charge in [-0.2, -0.15) is 0 Å². The molecule has 1 aromatic carbocycles. The molecule has 2 nitrogen and oxygen atoms in total. The molecule has 2 rings (SSSR count). The van der Waals surface area contributed by atoms with Crippen molar-refractivity contribution in [2.45, 2.75) is 12.8 Å². The van der Waals surface area contributed by atoms with Gasteiger partial charge in [-0.15, -0.1) is 0 Å². The number of rotatable bonds is 3. The Kier molecular flexibility index (Phi) is 2.63. The molecule has 0 aliphatic carbocycles. The van der Waals surface area contributed by atoms with Crippen molar-refractivity contribution in [1.82, 2.24) is 4.90 Å². The molecule has 0 fully saturated rings. The minimum Gasteiger partial charge on any atom is -0.319 e. The molecule has 2 heteroatoms. The lowest BCUT2D eigenvalue weighted by atomic mass is 10.1. The van der Waals surface area contributed by atoms with Gasteiger partial charge in [-0.05, 0) is 12.0 Å². The average Bonchev–Trinajstić information content (AvgIpc) is 2.63. The van der Waals surface area contributed by atoms with E-state index >= 15 is 0 Å². The Balaban J connectivity index is 1.89. The number of benzene rings is 1. The van der Waals surface area contributed by atoms with Crippen molar-refractivity contribution >= 4 is 5.91 Å². The van der Waals surface area contributed by atoms with Gasteiger partial charge in [-0.1, -0.05) is 36.4 Å². The molecule has 1 aliphatic rings. The standard InChI is InChI=1S/C12H13NO/c14-12-7-4-9-13(12)10-8-11-5-2-1-3-6-11/h1-6,9H,7-8,10H2. The van der Waals surface area contributed by atoms with Crippen LogP contribution in [0.5, 0.6) is 0 Å². The number of carbonyl (C=O) groups excluding carboxylic acids is 1. The minimum atomic E-state index is 0.209. The fourth-order valence-corrected chi connectivity index (χ4v) is 1.57. The van der Waals surface area contributed by atoms with Crippen LogP contribution in [0.2, 0.25) is 0 Å². The Morgan fingerprint density at radius 1 is 1.21 bits per heavy atom. The molecule has 0 aromatic heterocycles. The van der Waals surface area contributed by atoms with Crippen LogP contribution < -0.4 is 0 Å². The lowest BCUT2D eigenvalue weighted by Gasteiger charge is -2.12. The van der Waals surface area contributed by atoms with Gasteiger partial charge in [0.05, 0.1) is 0 Å². The number of carbonyl (C=O) groups is 1. The second-order valence-corrected chi connectivity index (χ2v) is 3.41. The molecule has 0 saturated heterocycles. The molecule has 72 valence electrons. The van der Waals surface area contributed by atoms with E-state index in [-0.39, 0.29) is 5.91 Å². The molecular weight excluding hydrogens is 174 g/mol. The topological polar surface area (TPSA) is 20.3 Å². The zero-order chi connectivity index (χ0) is 9.80. The van der Waals surface area contributed by atoms with Crippen molar-refractivity contribution in [3.63, 3.8) is 0 Å². The Morgan fingerprint density at radius 2 is 2.00 bits per heavy atom. The normalized spacial score (nSPS) is 15.1. The maximum absolute atomic E-state index is 11.3. The van der Waals surface area contributed by atoms with Gasteiger partial charge in [0.1, 0.15) is 0 Å². The van der Waals surface area contributed by atoms with Crippen LogP contribution in [0.1, 0.15) is 12.0 Å². The molecule has 0 saturated carbocycles. The summed E-state index contributed by atoms with van der Waals surface area (Å²) in [6, 6.07) is 10.2. The summed E-state index contributed by atoms with van der Waals surface area (Å²) in [5.41, 5.74) is 1.28. The SMILES string of the molecule is O=C1CC=CN1CCc1ccccc1. The number of amides is 1. The Hall–Kier alpha value is -1.57. The third-order valence-electron chi connectivity index (χ3n) is 2.38. The van der Waals surface area contributed by atoms with E-state index in [1.165, 1.54) is 5.56 Å². The summed E-state index contributed by atoms with van der Waals surface area (Å²) in [7, 11) is 0. The second kappa shape index (κ2) is 4.09. The molecule has 0 radical (unpaired) electrons. The predicted octanol–water partition coefficient (Wildman–Crippen LogP) is 1.98. The van der Waals surface area contributed by atoms with Crippen molar-refractivity contribution in [3.05, 3.63) is 48.2 Å². The molecule has 0 atom stereocenters. The summed E-state index contributed by atoms with van der Waals surface area (Å²) in [6.07, 6.45) is 5.28. The van der Waals surface area contributed by atoms with E-state index < -0.39 is 0 Å². The van der Waals surface area contributed by atoms with Crippen LogP contribution in [0.4, 0.5) is 0 Å². The summed E-state index contributed by atoms with van der Waals surface area (Å²) < 4.78 is 0. The first-order chi connectivity index (χ1) is 6.86. The van der Waals surface area contributed by atoms with Crippen molar-refractivity contribution in [2.75, 3.05) is 6.54 Å². The van der Waals surface area contributed by atoms with Gasteiger partial charge < -0.3 is 4.90 Å². The van der Waals surface area contributed by atoms with Crippen molar-refractivity contribution in [3.8, 4) is 0 Å². The van der Waals surface area contributed by atoms with E-state index in [0.717, 1.165) is 13.0 Å². The average molecular weight is 187 g/mol. The zero-order valence-electron chi connectivity index (χ0n) is 8.02. The molecule has 1 heterocycles. The molecule has 0 N–H and O–H groups in total. The highest BCUT2D eigenvalue weighted by Crippen LogP contribution is 2.08. The fourth-order valence-electron chi connectivity index (χ4n) is 1.57.